The van der Waals surface area contributed by atoms with Crippen molar-refractivity contribution in [2.45, 2.75) is 12.5 Å². The molecular weight excluding hydrogens is 391 g/mol. The SMILES string of the molecule is O=C(NCCOc1ccc(F)cc1)NC1CCOc2ccc(Br)cc21. The van der Waals surface area contributed by atoms with Crippen LogP contribution in [0.4, 0.5) is 9.18 Å². The van der Waals surface area contributed by atoms with E-state index in [1.54, 1.807) is 12.1 Å². The lowest BCUT2D eigenvalue weighted by atomic mass is 10.0. The molecule has 1 atom stereocenters. The highest BCUT2D eigenvalue weighted by atomic mass is 79.9. The Kier molecular flexibility index (Phi) is 5.75. The normalized spacial score (nSPS) is 15.7. The first-order valence-corrected chi connectivity index (χ1v) is 8.76. The second-order valence-electron chi connectivity index (χ2n) is 5.57. The molecule has 7 heteroatoms. The van der Waals surface area contributed by atoms with Crippen LogP contribution >= 0.6 is 15.9 Å². The second kappa shape index (κ2) is 8.20. The van der Waals surface area contributed by atoms with Crippen LogP contribution in [0, 0.1) is 5.82 Å². The van der Waals surface area contributed by atoms with Gasteiger partial charge in [0, 0.05) is 16.5 Å². The number of amides is 2. The van der Waals surface area contributed by atoms with Crippen LogP contribution in [-0.4, -0.2) is 25.8 Å². The Morgan fingerprint density at radius 3 is 2.88 bits per heavy atom. The van der Waals surface area contributed by atoms with Crippen LogP contribution in [0.5, 0.6) is 11.5 Å². The fourth-order valence-corrected chi connectivity index (χ4v) is 2.97. The monoisotopic (exact) mass is 408 g/mol. The first-order valence-electron chi connectivity index (χ1n) is 7.97. The minimum atomic E-state index is -0.312. The molecule has 3 rings (SSSR count). The summed E-state index contributed by atoms with van der Waals surface area (Å²) < 4.78 is 24.8. The minimum Gasteiger partial charge on any atom is -0.493 e. The van der Waals surface area contributed by atoms with E-state index in [-0.39, 0.29) is 17.9 Å². The molecule has 0 saturated carbocycles. The number of rotatable bonds is 5. The van der Waals surface area contributed by atoms with Crippen LogP contribution in [0.15, 0.2) is 46.9 Å². The quantitative estimate of drug-likeness (QED) is 0.739. The van der Waals surface area contributed by atoms with Gasteiger partial charge in [0.25, 0.3) is 0 Å². The molecule has 0 aromatic heterocycles. The summed E-state index contributed by atoms with van der Waals surface area (Å²) in [5.41, 5.74) is 0.957. The molecule has 2 aromatic rings. The number of halogens is 2. The molecule has 2 amide bonds. The predicted molar refractivity (Wildman–Crippen MR) is 95.4 cm³/mol. The maximum Gasteiger partial charge on any atom is 0.315 e. The van der Waals surface area contributed by atoms with Gasteiger partial charge in [0.1, 0.15) is 23.9 Å². The van der Waals surface area contributed by atoms with Gasteiger partial charge in [0.15, 0.2) is 0 Å². The van der Waals surface area contributed by atoms with Gasteiger partial charge in [0.2, 0.25) is 0 Å². The molecular formula is C18H18BrFN2O3. The van der Waals surface area contributed by atoms with Crippen molar-refractivity contribution in [2.24, 2.45) is 0 Å². The van der Waals surface area contributed by atoms with E-state index < -0.39 is 0 Å². The molecule has 5 nitrogen and oxygen atoms in total. The third-order valence-corrected chi connectivity index (χ3v) is 4.28. The lowest BCUT2D eigenvalue weighted by molar-refractivity contribution is 0.220. The van der Waals surface area contributed by atoms with E-state index in [0.29, 0.717) is 31.9 Å². The van der Waals surface area contributed by atoms with Gasteiger partial charge in [-0.25, -0.2) is 9.18 Å². The van der Waals surface area contributed by atoms with Gasteiger partial charge in [-0.3, -0.25) is 0 Å². The van der Waals surface area contributed by atoms with Gasteiger partial charge >= 0.3 is 6.03 Å². The lowest BCUT2D eigenvalue weighted by Gasteiger charge is -2.27. The minimum absolute atomic E-state index is 0.0979. The zero-order valence-electron chi connectivity index (χ0n) is 13.4. The van der Waals surface area contributed by atoms with Crippen LogP contribution < -0.4 is 20.1 Å². The van der Waals surface area contributed by atoms with Crippen molar-refractivity contribution >= 4 is 22.0 Å². The number of benzene rings is 2. The first-order chi connectivity index (χ1) is 12.1. The molecule has 0 saturated heterocycles. The van der Waals surface area contributed by atoms with Gasteiger partial charge in [-0.2, -0.15) is 0 Å². The lowest BCUT2D eigenvalue weighted by Crippen LogP contribution is -2.41. The van der Waals surface area contributed by atoms with Crippen LogP contribution in [0.3, 0.4) is 0 Å². The average Bonchev–Trinajstić information content (AvgIpc) is 2.61. The van der Waals surface area contributed by atoms with Crippen LogP contribution in [0.2, 0.25) is 0 Å². The molecule has 1 unspecified atom stereocenters. The number of urea groups is 1. The van der Waals surface area contributed by atoms with Crippen molar-refractivity contribution in [3.05, 3.63) is 58.3 Å². The van der Waals surface area contributed by atoms with Gasteiger partial charge in [-0.05, 0) is 42.5 Å². The van der Waals surface area contributed by atoms with E-state index in [9.17, 15) is 9.18 Å². The number of carbonyl (C=O) groups excluding carboxylic acids is 1. The Hall–Kier alpha value is -2.28. The highest BCUT2D eigenvalue weighted by Crippen LogP contribution is 2.33. The highest BCUT2D eigenvalue weighted by molar-refractivity contribution is 9.10. The Bertz CT molecular complexity index is 740. The van der Waals surface area contributed by atoms with Gasteiger partial charge in [0.05, 0.1) is 19.2 Å². The molecule has 0 bridgehead atoms. The number of ether oxygens (including phenoxy) is 2. The molecule has 1 aliphatic rings. The standard InChI is InChI=1S/C18H18BrFN2O3/c19-12-1-6-17-15(11-12)16(7-9-25-17)22-18(23)21-8-10-24-14-4-2-13(20)3-5-14/h1-6,11,16H,7-10H2,(H2,21,22,23). The summed E-state index contributed by atoms with van der Waals surface area (Å²) in [6, 6.07) is 11.2. The fraction of sp³-hybridized carbons (Fsp3) is 0.278. The molecule has 2 aromatic carbocycles. The molecule has 0 radical (unpaired) electrons. The summed E-state index contributed by atoms with van der Waals surface area (Å²) >= 11 is 3.44. The van der Waals surface area contributed by atoms with E-state index in [2.05, 4.69) is 26.6 Å². The molecule has 1 heterocycles. The molecule has 1 aliphatic heterocycles. The summed E-state index contributed by atoms with van der Waals surface area (Å²) in [4.78, 5) is 12.1. The highest BCUT2D eigenvalue weighted by Gasteiger charge is 2.23. The van der Waals surface area contributed by atoms with Crippen molar-refractivity contribution in [3.63, 3.8) is 0 Å². The molecule has 0 spiro atoms. The number of fused-ring (bicyclic) bond motifs is 1. The van der Waals surface area contributed by atoms with Crippen molar-refractivity contribution in [1.29, 1.82) is 0 Å². The largest absolute Gasteiger partial charge is 0.493 e. The smallest absolute Gasteiger partial charge is 0.315 e. The van der Waals surface area contributed by atoms with Gasteiger partial charge in [-0.1, -0.05) is 15.9 Å². The molecule has 2 N–H and O–H groups in total. The van der Waals surface area contributed by atoms with Crippen LogP contribution in [0.1, 0.15) is 18.0 Å². The molecule has 25 heavy (non-hydrogen) atoms. The summed E-state index contributed by atoms with van der Waals surface area (Å²) in [5.74, 6) is 1.04. The second-order valence-corrected chi connectivity index (χ2v) is 6.49. The topological polar surface area (TPSA) is 59.6 Å². The molecule has 0 fully saturated rings. The number of hydrogen-bond acceptors (Lipinski definition) is 3. The van der Waals surface area contributed by atoms with E-state index in [1.165, 1.54) is 12.1 Å². The van der Waals surface area contributed by atoms with E-state index in [4.69, 9.17) is 9.47 Å². The summed E-state index contributed by atoms with van der Waals surface area (Å²) in [5, 5.41) is 5.71. The summed E-state index contributed by atoms with van der Waals surface area (Å²) in [7, 11) is 0. The Balaban J connectivity index is 1.45. The first kappa shape index (κ1) is 17.5. The van der Waals surface area contributed by atoms with Gasteiger partial charge in [-0.15, -0.1) is 0 Å². The predicted octanol–water partition coefficient (Wildman–Crippen LogP) is 3.79. The molecule has 132 valence electrons. The summed E-state index contributed by atoms with van der Waals surface area (Å²) in [6.45, 7) is 1.21. The van der Waals surface area contributed by atoms with Crippen molar-refractivity contribution < 1.29 is 18.7 Å². The van der Waals surface area contributed by atoms with Crippen molar-refractivity contribution in [1.82, 2.24) is 10.6 Å². The Morgan fingerprint density at radius 2 is 2.08 bits per heavy atom. The zero-order chi connectivity index (χ0) is 17.6. The number of nitrogens with one attached hydrogen (secondary N) is 2. The zero-order valence-corrected chi connectivity index (χ0v) is 15.0. The Morgan fingerprint density at radius 1 is 1.28 bits per heavy atom. The van der Waals surface area contributed by atoms with Crippen molar-refractivity contribution in [3.8, 4) is 11.5 Å². The number of hydrogen-bond donors (Lipinski definition) is 2. The number of carbonyl (C=O) groups is 1. The van der Waals surface area contributed by atoms with E-state index >= 15 is 0 Å². The van der Waals surface area contributed by atoms with Crippen LogP contribution in [-0.2, 0) is 0 Å². The fourth-order valence-electron chi connectivity index (χ4n) is 2.59. The van der Waals surface area contributed by atoms with E-state index in [0.717, 1.165) is 15.8 Å². The summed E-state index contributed by atoms with van der Waals surface area (Å²) in [6.07, 6.45) is 0.711. The maximum atomic E-state index is 12.8. The van der Waals surface area contributed by atoms with Gasteiger partial charge < -0.3 is 20.1 Å². The maximum absolute atomic E-state index is 12.8. The third kappa shape index (κ3) is 4.85. The average molecular weight is 409 g/mol. The third-order valence-electron chi connectivity index (χ3n) is 3.79. The van der Waals surface area contributed by atoms with E-state index in [1.807, 2.05) is 18.2 Å². The van der Waals surface area contributed by atoms with Crippen molar-refractivity contribution in [2.75, 3.05) is 19.8 Å². The Labute approximate surface area is 153 Å². The van der Waals surface area contributed by atoms with Crippen LogP contribution in [0.25, 0.3) is 0 Å². The molecule has 0 aliphatic carbocycles.